The van der Waals surface area contributed by atoms with Crippen LogP contribution >= 0.6 is 0 Å². The molecule has 0 N–H and O–H groups in total. The average molecular weight is 301 g/mol. The second kappa shape index (κ2) is 7.59. The molecule has 0 aromatic heterocycles. The third-order valence-corrected chi connectivity index (χ3v) is 3.46. The van der Waals surface area contributed by atoms with E-state index in [0.717, 1.165) is 0 Å². The fourth-order valence-corrected chi connectivity index (χ4v) is 2.14. The zero-order valence-electron chi connectivity index (χ0n) is 12.3. The van der Waals surface area contributed by atoms with E-state index in [4.69, 9.17) is 0 Å². The van der Waals surface area contributed by atoms with Crippen LogP contribution in [-0.2, 0) is 0 Å². The minimum atomic E-state index is -0.524. The maximum atomic E-state index is 13.7. The second-order valence-electron chi connectivity index (χ2n) is 4.97. The van der Waals surface area contributed by atoms with E-state index in [0.29, 0.717) is 12.0 Å². The summed E-state index contributed by atoms with van der Waals surface area (Å²) >= 11 is 0. The molecule has 2 aromatic carbocycles. The van der Waals surface area contributed by atoms with Crippen molar-refractivity contribution >= 4 is 12.0 Å². The molecule has 2 rings (SSSR count). The Bertz CT molecular complexity index is 682. The summed E-state index contributed by atoms with van der Waals surface area (Å²) in [6, 6.07) is 12.2. The molecular formula is C18H17F2NO. The van der Waals surface area contributed by atoms with Crippen LogP contribution in [-0.4, -0.2) is 18.5 Å². The quantitative estimate of drug-likeness (QED) is 0.578. The summed E-state index contributed by atoms with van der Waals surface area (Å²) < 4.78 is 27.1. The van der Waals surface area contributed by atoms with Crippen LogP contribution in [0.4, 0.5) is 8.78 Å². The second-order valence-corrected chi connectivity index (χ2v) is 4.97. The van der Waals surface area contributed by atoms with Gasteiger partial charge in [-0.05, 0) is 24.6 Å². The number of hydrogen-bond acceptors (Lipinski definition) is 2. The summed E-state index contributed by atoms with van der Waals surface area (Å²) in [5, 5.41) is 0. The molecule has 4 heteroatoms. The standard InChI is InChI=1S/C18H17F2NO/c1-2-13(18(22)15-8-4-6-10-17(15)20)11-21-12-14-7-3-5-9-16(14)19/h3-10,12-13H,2,11H2,1H3. The zero-order chi connectivity index (χ0) is 15.9. The van der Waals surface area contributed by atoms with Crippen LogP contribution in [0.3, 0.4) is 0 Å². The van der Waals surface area contributed by atoms with Gasteiger partial charge in [-0.1, -0.05) is 37.3 Å². The van der Waals surface area contributed by atoms with E-state index in [2.05, 4.69) is 4.99 Å². The molecule has 0 aliphatic carbocycles. The molecule has 22 heavy (non-hydrogen) atoms. The van der Waals surface area contributed by atoms with Gasteiger partial charge in [0, 0.05) is 24.2 Å². The van der Waals surface area contributed by atoms with Gasteiger partial charge in [-0.15, -0.1) is 0 Å². The average Bonchev–Trinajstić information content (AvgIpc) is 2.53. The Kier molecular flexibility index (Phi) is 5.53. The number of benzene rings is 2. The topological polar surface area (TPSA) is 29.4 Å². The van der Waals surface area contributed by atoms with Crippen molar-refractivity contribution in [2.45, 2.75) is 13.3 Å². The van der Waals surface area contributed by atoms with Crippen LogP contribution in [0.25, 0.3) is 0 Å². The lowest BCUT2D eigenvalue weighted by atomic mass is 9.95. The van der Waals surface area contributed by atoms with Crippen LogP contribution < -0.4 is 0 Å². The summed E-state index contributed by atoms with van der Waals surface area (Å²) in [5.41, 5.74) is 0.450. The Balaban J connectivity index is 2.08. The number of aliphatic imine (C=N–C) groups is 1. The fourth-order valence-electron chi connectivity index (χ4n) is 2.14. The molecule has 2 nitrogen and oxygen atoms in total. The van der Waals surface area contributed by atoms with Crippen LogP contribution in [0.15, 0.2) is 53.5 Å². The number of halogens is 2. The number of rotatable bonds is 6. The minimum absolute atomic E-state index is 0.0791. The van der Waals surface area contributed by atoms with Gasteiger partial charge in [-0.2, -0.15) is 0 Å². The van der Waals surface area contributed by atoms with Crippen LogP contribution in [0, 0.1) is 17.6 Å². The fraction of sp³-hybridized carbons (Fsp3) is 0.222. The molecule has 0 heterocycles. The Hall–Kier alpha value is -2.36. The van der Waals surface area contributed by atoms with E-state index in [1.54, 1.807) is 30.3 Å². The van der Waals surface area contributed by atoms with Crippen molar-refractivity contribution in [1.29, 1.82) is 0 Å². The Morgan fingerprint density at radius 2 is 1.73 bits per heavy atom. The molecule has 0 saturated carbocycles. The van der Waals surface area contributed by atoms with Gasteiger partial charge in [0.25, 0.3) is 0 Å². The predicted molar refractivity (Wildman–Crippen MR) is 83.4 cm³/mol. The maximum Gasteiger partial charge on any atom is 0.170 e. The van der Waals surface area contributed by atoms with Crippen molar-refractivity contribution in [3.8, 4) is 0 Å². The molecule has 1 atom stereocenters. The van der Waals surface area contributed by atoms with Crippen LogP contribution in [0.2, 0.25) is 0 Å². The van der Waals surface area contributed by atoms with Crippen molar-refractivity contribution in [1.82, 2.24) is 0 Å². The number of carbonyl (C=O) groups is 1. The van der Waals surface area contributed by atoms with Gasteiger partial charge in [0.2, 0.25) is 0 Å². The van der Waals surface area contributed by atoms with Crippen molar-refractivity contribution in [2.24, 2.45) is 10.9 Å². The highest BCUT2D eigenvalue weighted by molar-refractivity contribution is 5.98. The lowest BCUT2D eigenvalue weighted by Gasteiger charge is -2.11. The molecule has 0 radical (unpaired) electrons. The number of ketones is 1. The number of hydrogen-bond donors (Lipinski definition) is 0. The Labute approximate surface area is 128 Å². The smallest absolute Gasteiger partial charge is 0.170 e. The molecule has 0 fully saturated rings. The largest absolute Gasteiger partial charge is 0.294 e. The highest BCUT2D eigenvalue weighted by Crippen LogP contribution is 2.16. The van der Waals surface area contributed by atoms with Gasteiger partial charge in [0.1, 0.15) is 11.6 Å². The molecule has 0 saturated heterocycles. The normalized spacial score (nSPS) is 12.5. The van der Waals surface area contributed by atoms with Crippen molar-refractivity contribution in [2.75, 3.05) is 6.54 Å². The lowest BCUT2D eigenvalue weighted by Crippen LogP contribution is -2.18. The number of nitrogens with zero attached hydrogens (tertiary/aromatic N) is 1. The van der Waals surface area contributed by atoms with E-state index in [9.17, 15) is 13.6 Å². The van der Waals surface area contributed by atoms with Crippen LogP contribution in [0.1, 0.15) is 29.3 Å². The molecule has 2 aromatic rings. The highest BCUT2D eigenvalue weighted by Gasteiger charge is 2.20. The molecular weight excluding hydrogens is 284 g/mol. The van der Waals surface area contributed by atoms with Gasteiger partial charge in [0.05, 0.1) is 5.56 Å². The van der Waals surface area contributed by atoms with Gasteiger partial charge in [-0.25, -0.2) is 8.78 Å². The van der Waals surface area contributed by atoms with E-state index in [-0.39, 0.29) is 23.7 Å². The van der Waals surface area contributed by atoms with Gasteiger partial charge < -0.3 is 0 Å². The Morgan fingerprint density at radius 1 is 1.09 bits per heavy atom. The van der Waals surface area contributed by atoms with Gasteiger partial charge >= 0.3 is 0 Å². The summed E-state index contributed by atoms with van der Waals surface area (Å²) in [6.07, 6.45) is 1.95. The van der Waals surface area contributed by atoms with Gasteiger partial charge in [-0.3, -0.25) is 9.79 Å². The molecule has 0 aliphatic heterocycles. The van der Waals surface area contributed by atoms with E-state index < -0.39 is 11.7 Å². The van der Waals surface area contributed by atoms with E-state index in [1.807, 2.05) is 6.92 Å². The molecule has 0 spiro atoms. The summed E-state index contributed by atoms with van der Waals surface area (Å²) in [7, 11) is 0. The third kappa shape index (κ3) is 3.85. The van der Waals surface area contributed by atoms with Crippen molar-refractivity contribution in [3.63, 3.8) is 0 Å². The SMILES string of the molecule is CCC(CN=Cc1ccccc1F)C(=O)c1ccccc1F. The lowest BCUT2D eigenvalue weighted by molar-refractivity contribution is 0.0917. The first kappa shape index (κ1) is 16.0. The van der Waals surface area contributed by atoms with E-state index in [1.165, 1.54) is 24.4 Å². The molecule has 0 bridgehead atoms. The number of Topliss-reactive ketones (excluding diaryl/α,β-unsaturated/α-hetero) is 1. The van der Waals surface area contributed by atoms with Crippen molar-refractivity contribution in [3.05, 3.63) is 71.3 Å². The zero-order valence-corrected chi connectivity index (χ0v) is 12.3. The van der Waals surface area contributed by atoms with E-state index >= 15 is 0 Å². The maximum absolute atomic E-state index is 13.7. The van der Waals surface area contributed by atoms with Crippen LogP contribution in [0.5, 0.6) is 0 Å². The first-order valence-corrected chi connectivity index (χ1v) is 7.16. The third-order valence-electron chi connectivity index (χ3n) is 3.46. The Morgan fingerprint density at radius 3 is 2.36 bits per heavy atom. The highest BCUT2D eigenvalue weighted by atomic mass is 19.1. The summed E-state index contributed by atoms with van der Waals surface area (Å²) in [5.74, 6) is -1.57. The first-order chi connectivity index (χ1) is 10.6. The molecule has 0 amide bonds. The summed E-state index contributed by atoms with van der Waals surface area (Å²) in [6.45, 7) is 2.06. The molecule has 1 unspecified atom stereocenters. The minimum Gasteiger partial charge on any atom is -0.294 e. The van der Waals surface area contributed by atoms with Gasteiger partial charge in [0.15, 0.2) is 5.78 Å². The summed E-state index contributed by atoms with van der Waals surface area (Å²) in [4.78, 5) is 16.5. The molecule has 0 aliphatic rings. The number of carbonyl (C=O) groups excluding carboxylic acids is 1. The van der Waals surface area contributed by atoms with Crippen molar-refractivity contribution < 1.29 is 13.6 Å². The predicted octanol–water partition coefficient (Wildman–Crippen LogP) is 4.29. The molecule has 114 valence electrons. The first-order valence-electron chi connectivity index (χ1n) is 7.16. The monoisotopic (exact) mass is 301 g/mol.